The smallest absolute Gasteiger partial charge is 0.123 e. The Bertz CT molecular complexity index is 1040. The quantitative estimate of drug-likeness (QED) is 0.635. The summed E-state index contributed by atoms with van der Waals surface area (Å²) in [6, 6.07) is 17.3. The Kier molecular flexibility index (Phi) is 5.90. The van der Waals surface area contributed by atoms with Crippen molar-refractivity contribution in [2.45, 2.75) is 45.7 Å². The van der Waals surface area contributed by atoms with E-state index in [0.717, 1.165) is 50.5 Å². The second-order valence-electron chi connectivity index (χ2n) is 8.94. The number of pyridine rings is 1. The first-order valence-corrected chi connectivity index (χ1v) is 11.3. The molecular weight excluding hydrogens is 386 g/mol. The van der Waals surface area contributed by atoms with Crippen LogP contribution in [0.25, 0.3) is 10.9 Å². The summed E-state index contributed by atoms with van der Waals surface area (Å²) in [5, 5.41) is 1.20. The molecule has 2 aromatic carbocycles. The second-order valence-corrected chi connectivity index (χ2v) is 8.94. The van der Waals surface area contributed by atoms with Gasteiger partial charge in [-0.05, 0) is 43.2 Å². The molecule has 1 aromatic heterocycles. The largest absolute Gasteiger partial charge is 0.492 e. The van der Waals surface area contributed by atoms with Crippen LogP contribution in [0.2, 0.25) is 0 Å². The molecule has 2 aliphatic rings. The number of benzene rings is 2. The molecule has 0 bridgehead atoms. The third kappa shape index (κ3) is 4.74. The van der Waals surface area contributed by atoms with Gasteiger partial charge in [-0.25, -0.2) is 0 Å². The van der Waals surface area contributed by atoms with Crippen molar-refractivity contribution in [2.24, 2.45) is 0 Å². The van der Waals surface area contributed by atoms with Crippen LogP contribution in [-0.2, 0) is 24.4 Å². The summed E-state index contributed by atoms with van der Waals surface area (Å²) in [5.41, 5.74) is 4.99. The maximum absolute atomic E-state index is 6.09. The predicted molar refractivity (Wildman–Crippen MR) is 123 cm³/mol. The van der Waals surface area contributed by atoms with Crippen molar-refractivity contribution in [3.05, 3.63) is 71.4 Å². The molecule has 5 rings (SSSR count). The molecule has 2 aliphatic heterocycles. The van der Waals surface area contributed by atoms with Crippen molar-refractivity contribution in [1.29, 1.82) is 0 Å². The highest BCUT2D eigenvalue weighted by Gasteiger charge is 2.23. The normalized spacial score (nSPS) is 22.6. The fourth-order valence-electron chi connectivity index (χ4n) is 4.94. The van der Waals surface area contributed by atoms with E-state index in [1.807, 2.05) is 12.3 Å². The summed E-state index contributed by atoms with van der Waals surface area (Å²) in [4.78, 5) is 9.60. The number of nitrogens with zero attached hydrogens (tertiary/aromatic N) is 3. The Balaban J connectivity index is 1.33. The molecule has 0 unspecified atom stereocenters. The van der Waals surface area contributed by atoms with Gasteiger partial charge in [-0.1, -0.05) is 30.3 Å². The Morgan fingerprint density at radius 1 is 0.968 bits per heavy atom. The summed E-state index contributed by atoms with van der Waals surface area (Å²) in [7, 11) is 0. The van der Waals surface area contributed by atoms with Crippen LogP contribution >= 0.6 is 0 Å². The van der Waals surface area contributed by atoms with Crippen LogP contribution in [-0.4, -0.2) is 53.2 Å². The molecule has 31 heavy (non-hydrogen) atoms. The summed E-state index contributed by atoms with van der Waals surface area (Å²) in [6.07, 6.45) is 2.46. The molecule has 1 fully saturated rings. The van der Waals surface area contributed by atoms with Crippen LogP contribution in [0.1, 0.15) is 30.5 Å². The van der Waals surface area contributed by atoms with Gasteiger partial charge < -0.3 is 9.47 Å². The zero-order chi connectivity index (χ0) is 21.2. The molecule has 0 N–H and O–H groups in total. The lowest BCUT2D eigenvalue weighted by molar-refractivity contribution is -0.0704. The van der Waals surface area contributed by atoms with Crippen LogP contribution in [0, 0.1) is 0 Å². The van der Waals surface area contributed by atoms with Gasteiger partial charge >= 0.3 is 0 Å². The topological polar surface area (TPSA) is 37.8 Å². The van der Waals surface area contributed by atoms with Crippen molar-refractivity contribution >= 4 is 10.9 Å². The Hall–Kier alpha value is -2.47. The third-order valence-corrected chi connectivity index (χ3v) is 6.20. The van der Waals surface area contributed by atoms with Crippen molar-refractivity contribution < 1.29 is 9.47 Å². The minimum absolute atomic E-state index is 0.290. The zero-order valence-corrected chi connectivity index (χ0v) is 18.5. The van der Waals surface area contributed by atoms with Crippen molar-refractivity contribution in [1.82, 2.24) is 14.8 Å². The van der Waals surface area contributed by atoms with Crippen LogP contribution in [0.15, 0.2) is 54.7 Å². The molecule has 5 nitrogen and oxygen atoms in total. The van der Waals surface area contributed by atoms with Crippen molar-refractivity contribution in [3.8, 4) is 5.75 Å². The minimum atomic E-state index is 0.290. The van der Waals surface area contributed by atoms with Crippen LogP contribution in [0.4, 0.5) is 0 Å². The Labute approximate surface area is 184 Å². The molecule has 0 aliphatic carbocycles. The standard InChI is InChI=1S/C26H31N3O2/c1-19-14-29(15-20(2)31-19)16-21-8-9-25-24(13-21)18-28(11-12-30-25)17-23-6-3-5-22-7-4-10-27-26(22)23/h3-10,13,19-20H,11-12,14-18H2,1-2H3/t19-,20+. The Morgan fingerprint density at radius 2 is 1.81 bits per heavy atom. The molecule has 1 saturated heterocycles. The van der Waals surface area contributed by atoms with Crippen molar-refractivity contribution in [2.75, 3.05) is 26.2 Å². The molecule has 3 heterocycles. The molecule has 2 atom stereocenters. The molecule has 0 radical (unpaired) electrons. The first-order chi connectivity index (χ1) is 15.1. The summed E-state index contributed by atoms with van der Waals surface area (Å²) >= 11 is 0. The fourth-order valence-corrected chi connectivity index (χ4v) is 4.94. The molecule has 0 spiro atoms. The maximum atomic E-state index is 6.09. The van der Waals surface area contributed by atoms with Gasteiger partial charge in [-0.15, -0.1) is 0 Å². The number of fused-ring (bicyclic) bond motifs is 2. The number of morpholine rings is 1. The summed E-state index contributed by atoms with van der Waals surface area (Å²) in [6.45, 7) is 10.6. The van der Waals surface area contributed by atoms with Gasteiger partial charge in [-0.3, -0.25) is 14.8 Å². The van der Waals surface area contributed by atoms with Gasteiger partial charge in [0.2, 0.25) is 0 Å². The highest BCUT2D eigenvalue weighted by Crippen LogP contribution is 2.27. The van der Waals surface area contributed by atoms with Gasteiger partial charge in [0, 0.05) is 56.4 Å². The molecule has 0 amide bonds. The number of ether oxygens (including phenoxy) is 2. The summed E-state index contributed by atoms with van der Waals surface area (Å²) < 4.78 is 12.0. The molecule has 162 valence electrons. The van der Waals surface area contributed by atoms with Crippen LogP contribution < -0.4 is 4.74 Å². The lowest BCUT2D eigenvalue weighted by Gasteiger charge is -2.35. The van der Waals surface area contributed by atoms with Gasteiger partial charge in [0.25, 0.3) is 0 Å². The van der Waals surface area contributed by atoms with E-state index < -0.39 is 0 Å². The van der Waals surface area contributed by atoms with Crippen LogP contribution in [0.5, 0.6) is 5.75 Å². The molecule has 5 heteroatoms. The number of rotatable bonds is 4. The first-order valence-electron chi connectivity index (χ1n) is 11.3. The lowest BCUT2D eigenvalue weighted by Crippen LogP contribution is -2.44. The van der Waals surface area contributed by atoms with Crippen LogP contribution in [0.3, 0.4) is 0 Å². The van der Waals surface area contributed by atoms with Gasteiger partial charge in [-0.2, -0.15) is 0 Å². The van der Waals surface area contributed by atoms with E-state index in [4.69, 9.17) is 9.47 Å². The highest BCUT2D eigenvalue weighted by atomic mass is 16.5. The molecular formula is C26H31N3O2. The fraction of sp³-hybridized carbons (Fsp3) is 0.423. The van der Waals surface area contributed by atoms with E-state index in [1.165, 1.54) is 22.1 Å². The number of hydrogen-bond donors (Lipinski definition) is 0. The average molecular weight is 418 g/mol. The predicted octanol–water partition coefficient (Wildman–Crippen LogP) is 4.24. The van der Waals surface area contributed by atoms with E-state index >= 15 is 0 Å². The second kappa shape index (κ2) is 8.95. The number of para-hydroxylation sites is 1. The number of aromatic nitrogens is 1. The van der Waals surface area contributed by atoms with Gasteiger partial charge in [0.15, 0.2) is 0 Å². The highest BCUT2D eigenvalue weighted by molar-refractivity contribution is 5.81. The zero-order valence-electron chi connectivity index (χ0n) is 18.5. The van der Waals surface area contributed by atoms with E-state index in [0.29, 0.717) is 6.61 Å². The molecule has 3 aromatic rings. The Morgan fingerprint density at radius 3 is 2.68 bits per heavy atom. The third-order valence-electron chi connectivity index (χ3n) is 6.20. The summed E-state index contributed by atoms with van der Waals surface area (Å²) in [5.74, 6) is 1.02. The maximum Gasteiger partial charge on any atom is 0.123 e. The monoisotopic (exact) mass is 417 g/mol. The SMILES string of the molecule is C[C@@H]1CN(Cc2ccc3c(c2)CN(Cc2cccc4cccnc24)CCO3)C[C@H](C)O1. The van der Waals surface area contributed by atoms with E-state index in [2.05, 4.69) is 71.1 Å². The van der Waals surface area contributed by atoms with Crippen molar-refractivity contribution in [3.63, 3.8) is 0 Å². The van der Waals surface area contributed by atoms with E-state index in [1.54, 1.807) is 0 Å². The average Bonchev–Trinajstić information content (AvgIpc) is 2.94. The first kappa shape index (κ1) is 20.4. The van der Waals surface area contributed by atoms with Gasteiger partial charge in [0.05, 0.1) is 17.7 Å². The molecule has 0 saturated carbocycles. The van der Waals surface area contributed by atoms with E-state index in [9.17, 15) is 0 Å². The van der Waals surface area contributed by atoms with Gasteiger partial charge in [0.1, 0.15) is 12.4 Å². The minimum Gasteiger partial charge on any atom is -0.492 e. The van der Waals surface area contributed by atoms with E-state index in [-0.39, 0.29) is 12.2 Å². The number of hydrogen-bond acceptors (Lipinski definition) is 5. The lowest BCUT2D eigenvalue weighted by atomic mass is 10.1.